The van der Waals surface area contributed by atoms with Gasteiger partial charge in [0.15, 0.2) is 0 Å². The van der Waals surface area contributed by atoms with E-state index in [1.807, 2.05) is 0 Å². The first-order valence-electron chi connectivity index (χ1n) is 12.9. The summed E-state index contributed by atoms with van der Waals surface area (Å²) in [5, 5.41) is 13.0. The average molecular weight is 518 g/mol. The molecule has 0 aromatic rings. The first-order chi connectivity index (χ1) is 16.1. The maximum atomic E-state index is 11.9. The van der Waals surface area contributed by atoms with Crippen molar-refractivity contribution in [3.05, 3.63) is 0 Å². The van der Waals surface area contributed by atoms with E-state index in [0.29, 0.717) is 17.2 Å². The second kappa shape index (κ2) is 26.1. The molecule has 0 aliphatic rings. The Morgan fingerprint density at radius 1 is 0.848 bits per heavy atom. The zero-order valence-corrected chi connectivity index (χ0v) is 23.8. The molecule has 0 aliphatic carbocycles. The summed E-state index contributed by atoms with van der Waals surface area (Å²) in [7, 11) is 4.78. The van der Waals surface area contributed by atoms with Crippen LogP contribution in [0.4, 0.5) is 4.79 Å². The Morgan fingerprint density at radius 3 is 1.82 bits per heavy atom. The van der Waals surface area contributed by atoms with Crippen LogP contribution in [-0.4, -0.2) is 34.0 Å². The summed E-state index contributed by atoms with van der Waals surface area (Å²) in [4.78, 5) is 16.8. The highest BCUT2D eigenvalue weighted by atomic mass is 33.1. The third-order valence-corrected chi connectivity index (χ3v) is 8.60. The predicted octanol–water partition coefficient (Wildman–Crippen LogP) is 9.59. The van der Waals surface area contributed by atoms with Gasteiger partial charge in [0, 0.05) is 36.0 Å². The number of thioether (sulfide) groups is 1. The predicted molar refractivity (Wildman–Crippen MR) is 150 cm³/mol. The molecule has 0 heterocycles. The van der Waals surface area contributed by atoms with Crippen LogP contribution in [0.5, 0.6) is 0 Å². The van der Waals surface area contributed by atoms with Gasteiger partial charge in [-0.05, 0) is 13.3 Å². The number of nitrogens with zero attached hydrogens (tertiary/aromatic N) is 3. The van der Waals surface area contributed by atoms with Crippen LogP contribution in [0.15, 0.2) is 5.16 Å². The molecule has 0 bridgehead atoms. The molecule has 5 nitrogen and oxygen atoms in total. The number of carbonyl (C=O) groups excluding carboxylic acids is 1. The van der Waals surface area contributed by atoms with Gasteiger partial charge in [-0.25, -0.2) is 9.10 Å². The summed E-state index contributed by atoms with van der Waals surface area (Å²) in [6.07, 6.45) is 22.1. The van der Waals surface area contributed by atoms with E-state index in [0.717, 1.165) is 5.75 Å². The van der Waals surface area contributed by atoms with Crippen LogP contribution in [0.2, 0.25) is 0 Å². The number of hydrogen-bond acceptors (Lipinski definition) is 7. The molecule has 0 unspecified atom stereocenters. The van der Waals surface area contributed by atoms with Crippen LogP contribution in [-0.2, 0) is 4.84 Å². The van der Waals surface area contributed by atoms with Gasteiger partial charge in [0.05, 0.1) is 6.07 Å². The number of hydrogen-bond donors (Lipinski definition) is 0. The minimum absolute atomic E-state index is 0.456. The van der Waals surface area contributed by atoms with E-state index in [2.05, 4.69) is 18.1 Å². The summed E-state index contributed by atoms with van der Waals surface area (Å²) in [6, 6.07) is 2.07. The fraction of sp³-hybridized carbons (Fsp3) is 0.880. The lowest BCUT2D eigenvalue weighted by atomic mass is 10.0. The van der Waals surface area contributed by atoms with Crippen molar-refractivity contribution < 1.29 is 9.63 Å². The van der Waals surface area contributed by atoms with E-state index >= 15 is 0 Å². The number of nitriles is 1. The Bertz CT molecular complexity index is 528. The molecule has 192 valence electrons. The van der Waals surface area contributed by atoms with E-state index in [1.54, 1.807) is 24.8 Å². The normalized spacial score (nSPS) is 11.4. The van der Waals surface area contributed by atoms with Gasteiger partial charge >= 0.3 is 6.09 Å². The molecule has 0 atom stereocenters. The van der Waals surface area contributed by atoms with Crippen LogP contribution in [0.3, 0.4) is 0 Å². The third kappa shape index (κ3) is 24.4. The van der Waals surface area contributed by atoms with Gasteiger partial charge in [-0.3, -0.25) is 4.84 Å². The van der Waals surface area contributed by atoms with E-state index in [-0.39, 0.29) is 0 Å². The molecule has 0 aromatic carbocycles. The van der Waals surface area contributed by atoms with Crippen LogP contribution in [0, 0.1) is 11.3 Å². The number of unbranched alkanes of at least 4 members (excludes halogenated alkanes) is 15. The first-order valence-corrected chi connectivity index (χ1v) is 16.2. The van der Waals surface area contributed by atoms with Crippen molar-refractivity contribution >= 4 is 44.7 Å². The van der Waals surface area contributed by atoms with Gasteiger partial charge in [0.25, 0.3) is 0 Å². The maximum absolute atomic E-state index is 11.9. The van der Waals surface area contributed by atoms with E-state index < -0.39 is 6.09 Å². The number of carbonyl (C=O) groups is 1. The monoisotopic (exact) mass is 517 g/mol. The highest BCUT2D eigenvalue weighted by Gasteiger charge is 2.11. The second-order valence-electron chi connectivity index (χ2n) is 8.42. The maximum Gasteiger partial charge on any atom is 0.446 e. The van der Waals surface area contributed by atoms with Gasteiger partial charge in [-0.15, -0.1) is 11.8 Å². The Balaban J connectivity index is 3.37. The number of oxime groups is 1. The molecule has 0 radical (unpaired) electrons. The standard InChI is InChI=1S/C25H47N3O2S3/c1-4-5-6-7-8-9-10-11-12-13-14-15-16-17-18-19-23-32-33-28(3)25(29)30-27-24(2)31-22-20-21-26/h4-20,22-23H2,1-3H3. The largest absolute Gasteiger partial charge is 0.446 e. The molecule has 0 N–H and O–H groups in total. The zero-order valence-electron chi connectivity index (χ0n) is 21.3. The van der Waals surface area contributed by atoms with Gasteiger partial charge in [0.2, 0.25) is 0 Å². The topological polar surface area (TPSA) is 65.7 Å². The molecule has 0 rings (SSSR count). The van der Waals surface area contributed by atoms with Gasteiger partial charge in [-0.2, -0.15) is 5.26 Å². The van der Waals surface area contributed by atoms with Crippen molar-refractivity contribution in [2.75, 3.05) is 18.6 Å². The highest BCUT2D eigenvalue weighted by Crippen LogP contribution is 2.26. The van der Waals surface area contributed by atoms with Crippen LogP contribution < -0.4 is 0 Å². The summed E-state index contributed by atoms with van der Waals surface area (Å²) in [5.74, 6) is 1.69. The van der Waals surface area contributed by atoms with E-state index in [1.165, 1.54) is 130 Å². The molecular formula is C25H47N3O2S3. The minimum Gasteiger partial charge on any atom is -0.296 e. The number of amides is 1. The van der Waals surface area contributed by atoms with Crippen molar-refractivity contribution in [1.29, 1.82) is 5.26 Å². The molecule has 0 aromatic heterocycles. The fourth-order valence-electron chi connectivity index (χ4n) is 3.29. The molecule has 0 saturated heterocycles. The summed E-state index contributed by atoms with van der Waals surface area (Å²) >= 11 is 1.42. The molecule has 0 saturated carbocycles. The minimum atomic E-state index is -0.472. The smallest absolute Gasteiger partial charge is 0.296 e. The third-order valence-electron chi connectivity index (χ3n) is 5.28. The van der Waals surface area contributed by atoms with Crippen molar-refractivity contribution in [2.45, 2.75) is 123 Å². The first kappa shape index (κ1) is 32.5. The Morgan fingerprint density at radius 2 is 1.33 bits per heavy atom. The van der Waals surface area contributed by atoms with Gasteiger partial charge in [-0.1, -0.05) is 119 Å². The lowest BCUT2D eigenvalue weighted by molar-refractivity contribution is 0.137. The SMILES string of the molecule is CCCCCCCCCCCCCCCCCCSSN(C)C(=O)ON=C(C)SCCC#N. The van der Waals surface area contributed by atoms with E-state index in [9.17, 15) is 4.79 Å². The average Bonchev–Trinajstić information content (AvgIpc) is 2.81. The fourth-order valence-corrected chi connectivity index (χ4v) is 5.75. The summed E-state index contributed by atoms with van der Waals surface area (Å²) in [5.41, 5.74) is 0. The molecule has 1 amide bonds. The van der Waals surface area contributed by atoms with Crippen LogP contribution in [0.1, 0.15) is 123 Å². The second-order valence-corrected chi connectivity index (χ2v) is 12.2. The molecule has 0 fully saturated rings. The van der Waals surface area contributed by atoms with Crippen LogP contribution >= 0.6 is 33.5 Å². The lowest BCUT2D eigenvalue weighted by Crippen LogP contribution is -2.18. The quantitative estimate of drug-likeness (QED) is 0.0271. The Hall–Kier alpha value is -0.520. The van der Waals surface area contributed by atoms with Crippen molar-refractivity contribution in [3.8, 4) is 6.07 Å². The summed E-state index contributed by atoms with van der Waals surface area (Å²) in [6.45, 7) is 4.05. The molecule has 33 heavy (non-hydrogen) atoms. The highest BCUT2D eigenvalue weighted by molar-refractivity contribution is 8.75. The molecule has 0 spiro atoms. The Kier molecular flexibility index (Phi) is 25.7. The van der Waals surface area contributed by atoms with Crippen molar-refractivity contribution in [3.63, 3.8) is 0 Å². The van der Waals surface area contributed by atoms with Gasteiger partial charge in [0.1, 0.15) is 5.04 Å². The van der Waals surface area contributed by atoms with E-state index in [4.69, 9.17) is 10.1 Å². The van der Waals surface area contributed by atoms with Crippen molar-refractivity contribution in [2.24, 2.45) is 5.16 Å². The lowest BCUT2D eigenvalue weighted by Gasteiger charge is -2.12. The summed E-state index contributed by atoms with van der Waals surface area (Å²) < 4.78 is 1.47. The number of rotatable bonds is 22. The molecular weight excluding hydrogens is 470 g/mol. The van der Waals surface area contributed by atoms with Gasteiger partial charge < -0.3 is 0 Å². The van der Waals surface area contributed by atoms with Crippen molar-refractivity contribution in [1.82, 2.24) is 4.31 Å². The molecule has 0 aliphatic heterocycles. The molecule has 8 heteroatoms. The Labute approximate surface area is 216 Å². The zero-order chi connectivity index (χ0) is 24.4. The van der Waals surface area contributed by atoms with Crippen LogP contribution in [0.25, 0.3) is 0 Å².